The highest BCUT2D eigenvalue weighted by atomic mass is 19.4. The van der Waals surface area contributed by atoms with Gasteiger partial charge in [-0.3, -0.25) is 0 Å². The van der Waals surface area contributed by atoms with Crippen LogP contribution in [-0.4, -0.2) is 28.1 Å². The van der Waals surface area contributed by atoms with E-state index in [0.29, 0.717) is 11.3 Å². The number of aromatic nitrogens is 3. The molecule has 0 unspecified atom stereocenters. The van der Waals surface area contributed by atoms with Crippen molar-refractivity contribution in [2.75, 3.05) is 7.11 Å². The van der Waals surface area contributed by atoms with Gasteiger partial charge < -0.3 is 4.74 Å². The molecule has 5 nitrogen and oxygen atoms in total. The lowest BCUT2D eigenvalue weighted by atomic mass is 10.1. The van der Waals surface area contributed by atoms with E-state index in [4.69, 9.17) is 0 Å². The minimum absolute atomic E-state index is 0.0315. The number of benzene rings is 1. The third-order valence-electron chi connectivity index (χ3n) is 3.05. The van der Waals surface area contributed by atoms with Crippen LogP contribution in [0.2, 0.25) is 0 Å². The molecule has 22 heavy (non-hydrogen) atoms. The summed E-state index contributed by atoms with van der Waals surface area (Å²) >= 11 is 0. The molecule has 2 aromatic rings. The number of rotatable bonds is 3. The van der Waals surface area contributed by atoms with Crippen LogP contribution in [-0.2, 0) is 10.9 Å². The van der Waals surface area contributed by atoms with Crippen molar-refractivity contribution < 1.29 is 22.7 Å². The number of carbonyl (C=O) groups excluding carboxylic acids is 1. The molecule has 2 rings (SSSR count). The van der Waals surface area contributed by atoms with Gasteiger partial charge in [0.15, 0.2) is 5.69 Å². The number of ether oxygens (including phenoxy) is 1. The molecule has 0 N–H and O–H groups in total. The number of halogens is 3. The topological polar surface area (TPSA) is 57.0 Å². The molecule has 0 atom stereocenters. The van der Waals surface area contributed by atoms with Crippen LogP contribution in [0.3, 0.4) is 0 Å². The van der Waals surface area contributed by atoms with Crippen LogP contribution in [0, 0.1) is 0 Å². The molecule has 0 aliphatic carbocycles. The second-order valence-corrected chi connectivity index (χ2v) is 4.89. The standard InChI is InChI=1S/C14H14F3N3O2/c1-8(2)20-12(11(18-19-20)13(21)22-3)9-4-6-10(7-5-9)14(15,16)17/h4-8H,1-3H3. The molecule has 0 amide bonds. The van der Waals surface area contributed by atoms with Gasteiger partial charge in [0.1, 0.15) is 5.69 Å². The van der Waals surface area contributed by atoms with Crippen LogP contribution >= 0.6 is 0 Å². The first kappa shape index (κ1) is 16.0. The largest absolute Gasteiger partial charge is 0.464 e. The van der Waals surface area contributed by atoms with E-state index >= 15 is 0 Å². The first-order valence-electron chi connectivity index (χ1n) is 6.46. The minimum atomic E-state index is -4.42. The summed E-state index contributed by atoms with van der Waals surface area (Å²) in [5.41, 5.74) is -0.0573. The van der Waals surface area contributed by atoms with Crippen LogP contribution in [0.4, 0.5) is 13.2 Å². The van der Waals surface area contributed by atoms with Crippen LogP contribution in [0.15, 0.2) is 24.3 Å². The Kier molecular flexibility index (Phi) is 4.20. The summed E-state index contributed by atoms with van der Waals surface area (Å²) in [5, 5.41) is 7.65. The maximum Gasteiger partial charge on any atom is 0.416 e. The van der Waals surface area contributed by atoms with E-state index in [-0.39, 0.29) is 11.7 Å². The summed E-state index contributed by atoms with van der Waals surface area (Å²) < 4.78 is 44.0. The number of carbonyl (C=O) groups is 1. The molecular formula is C14H14F3N3O2. The molecule has 0 saturated heterocycles. The van der Waals surface area contributed by atoms with Crippen molar-refractivity contribution >= 4 is 5.97 Å². The predicted octanol–water partition coefficient (Wildman–Crippen LogP) is 3.33. The third kappa shape index (κ3) is 2.95. The molecule has 0 radical (unpaired) electrons. The third-order valence-corrected chi connectivity index (χ3v) is 3.05. The second-order valence-electron chi connectivity index (χ2n) is 4.89. The summed E-state index contributed by atoms with van der Waals surface area (Å²) in [6, 6.07) is 4.35. The van der Waals surface area contributed by atoms with Crippen molar-refractivity contribution in [3.8, 4) is 11.3 Å². The lowest BCUT2D eigenvalue weighted by Gasteiger charge is -2.12. The van der Waals surface area contributed by atoms with E-state index in [1.54, 1.807) is 0 Å². The molecule has 0 aliphatic rings. The fourth-order valence-corrected chi connectivity index (χ4v) is 1.98. The molecule has 0 bridgehead atoms. The predicted molar refractivity (Wildman–Crippen MR) is 72.2 cm³/mol. The zero-order valence-corrected chi connectivity index (χ0v) is 12.2. The second kappa shape index (κ2) is 5.78. The van der Waals surface area contributed by atoms with Gasteiger partial charge in [0, 0.05) is 11.6 Å². The SMILES string of the molecule is COC(=O)c1nnn(C(C)C)c1-c1ccc(C(F)(F)F)cc1. The van der Waals surface area contributed by atoms with E-state index in [9.17, 15) is 18.0 Å². The van der Waals surface area contributed by atoms with Crippen LogP contribution < -0.4 is 0 Å². The lowest BCUT2D eigenvalue weighted by molar-refractivity contribution is -0.137. The van der Waals surface area contributed by atoms with Crippen molar-refractivity contribution in [2.45, 2.75) is 26.1 Å². The Morgan fingerprint density at radius 1 is 1.23 bits per heavy atom. The van der Waals surface area contributed by atoms with Crippen molar-refractivity contribution in [1.82, 2.24) is 15.0 Å². The summed E-state index contributed by atoms with van der Waals surface area (Å²) in [6.07, 6.45) is -4.42. The molecule has 0 aliphatic heterocycles. The number of hydrogen-bond donors (Lipinski definition) is 0. The zero-order valence-electron chi connectivity index (χ0n) is 12.2. The highest BCUT2D eigenvalue weighted by Gasteiger charge is 2.30. The number of methoxy groups -OCH3 is 1. The summed E-state index contributed by atoms with van der Waals surface area (Å²) in [4.78, 5) is 11.8. The van der Waals surface area contributed by atoms with Crippen molar-refractivity contribution in [3.05, 3.63) is 35.5 Å². The van der Waals surface area contributed by atoms with Gasteiger partial charge in [-0.2, -0.15) is 13.2 Å². The average molecular weight is 313 g/mol. The smallest absolute Gasteiger partial charge is 0.416 e. The van der Waals surface area contributed by atoms with E-state index in [0.717, 1.165) is 12.1 Å². The fourth-order valence-electron chi connectivity index (χ4n) is 1.98. The molecule has 1 aromatic carbocycles. The van der Waals surface area contributed by atoms with Crippen LogP contribution in [0.5, 0.6) is 0 Å². The van der Waals surface area contributed by atoms with Crippen LogP contribution in [0.1, 0.15) is 35.9 Å². The monoisotopic (exact) mass is 313 g/mol. The Morgan fingerprint density at radius 2 is 1.82 bits per heavy atom. The summed E-state index contributed by atoms with van der Waals surface area (Å²) in [6.45, 7) is 3.65. The Morgan fingerprint density at radius 3 is 2.27 bits per heavy atom. The van der Waals surface area contributed by atoms with Crippen molar-refractivity contribution in [2.24, 2.45) is 0 Å². The van der Waals surface area contributed by atoms with Gasteiger partial charge in [0.2, 0.25) is 0 Å². The molecule has 0 fully saturated rings. The van der Waals surface area contributed by atoms with Gasteiger partial charge in [-0.1, -0.05) is 17.3 Å². The van der Waals surface area contributed by atoms with Gasteiger partial charge in [0.25, 0.3) is 0 Å². The number of esters is 1. The maximum absolute atomic E-state index is 12.6. The molecule has 8 heteroatoms. The lowest BCUT2D eigenvalue weighted by Crippen LogP contribution is -2.09. The van der Waals surface area contributed by atoms with Gasteiger partial charge in [-0.05, 0) is 26.0 Å². The van der Waals surface area contributed by atoms with Gasteiger partial charge >= 0.3 is 12.1 Å². The molecule has 1 heterocycles. The van der Waals surface area contributed by atoms with Gasteiger partial charge in [-0.25, -0.2) is 9.48 Å². The Labute approximate surface area is 124 Å². The molecule has 0 saturated carbocycles. The molecule has 1 aromatic heterocycles. The molecular weight excluding hydrogens is 299 g/mol. The molecule has 118 valence electrons. The van der Waals surface area contributed by atoms with Gasteiger partial charge in [-0.15, -0.1) is 5.10 Å². The van der Waals surface area contributed by atoms with E-state index in [2.05, 4.69) is 15.0 Å². The maximum atomic E-state index is 12.6. The zero-order chi connectivity index (χ0) is 16.5. The highest BCUT2D eigenvalue weighted by molar-refractivity contribution is 5.94. The Hall–Kier alpha value is -2.38. The van der Waals surface area contributed by atoms with E-state index < -0.39 is 17.7 Å². The van der Waals surface area contributed by atoms with Crippen molar-refractivity contribution in [3.63, 3.8) is 0 Å². The summed E-state index contributed by atoms with van der Waals surface area (Å²) in [7, 11) is 1.20. The number of nitrogens with zero attached hydrogens (tertiary/aromatic N) is 3. The van der Waals surface area contributed by atoms with Crippen LogP contribution in [0.25, 0.3) is 11.3 Å². The summed E-state index contributed by atoms with van der Waals surface area (Å²) in [5.74, 6) is -0.693. The fraction of sp³-hybridized carbons (Fsp3) is 0.357. The minimum Gasteiger partial charge on any atom is -0.464 e. The average Bonchev–Trinajstić information content (AvgIpc) is 2.90. The van der Waals surface area contributed by atoms with E-state index in [1.165, 1.54) is 23.9 Å². The quantitative estimate of drug-likeness (QED) is 0.816. The Bertz CT molecular complexity index is 676. The first-order chi connectivity index (χ1) is 10.3. The highest BCUT2D eigenvalue weighted by Crippen LogP contribution is 2.32. The van der Waals surface area contributed by atoms with Gasteiger partial charge in [0.05, 0.1) is 12.7 Å². The molecule has 0 spiro atoms. The first-order valence-corrected chi connectivity index (χ1v) is 6.46. The Balaban J connectivity index is 2.55. The normalized spacial score (nSPS) is 11.8. The number of alkyl halides is 3. The van der Waals surface area contributed by atoms with Crippen molar-refractivity contribution in [1.29, 1.82) is 0 Å². The number of hydrogen-bond acceptors (Lipinski definition) is 4. The van der Waals surface area contributed by atoms with E-state index in [1.807, 2.05) is 13.8 Å².